The third kappa shape index (κ3) is 2.72. The molecule has 2 amide bonds. The van der Waals surface area contributed by atoms with Gasteiger partial charge in [-0.15, -0.1) is 0 Å². The molecule has 1 aliphatic heterocycles. The summed E-state index contributed by atoms with van der Waals surface area (Å²) in [7, 11) is 0. The lowest BCUT2D eigenvalue weighted by Gasteiger charge is -2.34. The molecule has 1 rings (SSSR count). The number of halogens is 1. The molecule has 1 N–H and O–H groups in total. The first kappa shape index (κ1) is 12.0. The molecule has 0 saturated carbocycles. The van der Waals surface area contributed by atoms with Gasteiger partial charge in [-0.1, -0.05) is 18.5 Å². The fourth-order valence-corrected chi connectivity index (χ4v) is 1.67. The van der Waals surface area contributed by atoms with Crippen molar-refractivity contribution in [1.29, 1.82) is 0 Å². The van der Waals surface area contributed by atoms with Crippen molar-refractivity contribution in [3.63, 3.8) is 0 Å². The van der Waals surface area contributed by atoms with Gasteiger partial charge in [0, 0.05) is 12.1 Å². The SMILES string of the molecule is CCC1C(=O)NCC(=O)N1CC(C)=CCl. The van der Waals surface area contributed by atoms with E-state index in [0.717, 1.165) is 5.57 Å². The number of piperazine rings is 1. The zero-order valence-electron chi connectivity index (χ0n) is 8.92. The summed E-state index contributed by atoms with van der Waals surface area (Å²) in [5.74, 6) is -0.140. The van der Waals surface area contributed by atoms with Gasteiger partial charge in [0.05, 0.1) is 6.54 Å². The van der Waals surface area contributed by atoms with E-state index >= 15 is 0 Å². The number of amides is 2. The summed E-state index contributed by atoms with van der Waals surface area (Å²) in [6.45, 7) is 4.23. The Morgan fingerprint density at radius 3 is 2.87 bits per heavy atom. The van der Waals surface area contributed by atoms with Crippen LogP contribution in [-0.4, -0.2) is 35.8 Å². The molecule has 0 spiro atoms. The molecule has 5 heteroatoms. The van der Waals surface area contributed by atoms with Gasteiger partial charge in [-0.25, -0.2) is 0 Å². The lowest BCUT2D eigenvalue weighted by molar-refractivity contribution is -0.145. The number of nitrogens with one attached hydrogen (secondary N) is 1. The van der Waals surface area contributed by atoms with Gasteiger partial charge in [0.2, 0.25) is 11.8 Å². The van der Waals surface area contributed by atoms with E-state index in [1.165, 1.54) is 5.54 Å². The Morgan fingerprint density at radius 1 is 1.67 bits per heavy atom. The monoisotopic (exact) mass is 230 g/mol. The minimum atomic E-state index is -0.363. The molecule has 0 bridgehead atoms. The fraction of sp³-hybridized carbons (Fsp3) is 0.600. The van der Waals surface area contributed by atoms with Crippen molar-refractivity contribution in [3.05, 3.63) is 11.1 Å². The average molecular weight is 231 g/mol. The second-order valence-electron chi connectivity index (χ2n) is 3.62. The largest absolute Gasteiger partial charge is 0.345 e. The minimum Gasteiger partial charge on any atom is -0.345 e. The standard InChI is InChI=1S/C10H15ClN2O2/c1-3-8-10(15)12-5-9(14)13(8)6-7(2)4-11/h4,8H,3,5-6H2,1-2H3,(H,12,15). The quantitative estimate of drug-likeness (QED) is 0.782. The Balaban J connectivity index is 2.79. The molecule has 15 heavy (non-hydrogen) atoms. The van der Waals surface area contributed by atoms with Crippen molar-refractivity contribution >= 4 is 23.4 Å². The highest BCUT2D eigenvalue weighted by atomic mass is 35.5. The Labute approximate surface area is 94.3 Å². The molecule has 0 aromatic heterocycles. The first-order chi connectivity index (χ1) is 7.10. The van der Waals surface area contributed by atoms with Gasteiger partial charge in [0.25, 0.3) is 0 Å². The van der Waals surface area contributed by atoms with Crippen molar-refractivity contribution in [2.45, 2.75) is 26.3 Å². The van der Waals surface area contributed by atoms with E-state index in [9.17, 15) is 9.59 Å². The van der Waals surface area contributed by atoms with Crippen molar-refractivity contribution in [3.8, 4) is 0 Å². The minimum absolute atomic E-state index is 0.0562. The molecule has 0 aromatic carbocycles. The molecule has 1 atom stereocenters. The molecule has 0 aromatic rings. The van der Waals surface area contributed by atoms with Crippen LogP contribution in [0.2, 0.25) is 0 Å². The third-order valence-corrected chi connectivity index (χ3v) is 2.78. The van der Waals surface area contributed by atoms with Crippen LogP contribution in [0, 0.1) is 0 Å². The van der Waals surface area contributed by atoms with E-state index in [4.69, 9.17) is 11.6 Å². The first-order valence-corrected chi connectivity index (χ1v) is 5.36. The number of carbonyl (C=O) groups excluding carboxylic acids is 2. The number of nitrogens with zero attached hydrogens (tertiary/aromatic N) is 1. The van der Waals surface area contributed by atoms with E-state index in [0.29, 0.717) is 13.0 Å². The predicted molar refractivity (Wildman–Crippen MR) is 58.4 cm³/mol. The van der Waals surface area contributed by atoms with Crippen LogP contribution in [0.5, 0.6) is 0 Å². The lowest BCUT2D eigenvalue weighted by Crippen LogP contribution is -2.58. The van der Waals surface area contributed by atoms with E-state index in [1.807, 2.05) is 13.8 Å². The van der Waals surface area contributed by atoms with Crippen LogP contribution in [0.15, 0.2) is 11.1 Å². The summed E-state index contributed by atoms with van der Waals surface area (Å²) in [5, 5.41) is 2.57. The van der Waals surface area contributed by atoms with Crippen LogP contribution in [0.4, 0.5) is 0 Å². The first-order valence-electron chi connectivity index (χ1n) is 4.93. The zero-order valence-corrected chi connectivity index (χ0v) is 9.67. The van der Waals surface area contributed by atoms with Crippen LogP contribution in [0.25, 0.3) is 0 Å². The van der Waals surface area contributed by atoms with E-state index in [2.05, 4.69) is 5.32 Å². The van der Waals surface area contributed by atoms with Gasteiger partial charge >= 0.3 is 0 Å². The van der Waals surface area contributed by atoms with E-state index in [-0.39, 0.29) is 24.4 Å². The summed E-state index contributed by atoms with van der Waals surface area (Å²) < 4.78 is 0. The lowest BCUT2D eigenvalue weighted by atomic mass is 10.1. The summed E-state index contributed by atoms with van der Waals surface area (Å²) in [4.78, 5) is 24.7. The van der Waals surface area contributed by atoms with Gasteiger partial charge in [0.1, 0.15) is 6.04 Å². The highest BCUT2D eigenvalue weighted by molar-refractivity contribution is 6.25. The summed E-state index contributed by atoms with van der Waals surface area (Å²) >= 11 is 5.55. The summed E-state index contributed by atoms with van der Waals surface area (Å²) in [5.41, 5.74) is 2.31. The topological polar surface area (TPSA) is 49.4 Å². The summed E-state index contributed by atoms with van der Waals surface area (Å²) in [6.07, 6.45) is 0.618. The maximum atomic E-state index is 11.6. The smallest absolute Gasteiger partial charge is 0.243 e. The maximum Gasteiger partial charge on any atom is 0.243 e. The van der Waals surface area contributed by atoms with Gasteiger partial charge < -0.3 is 10.2 Å². The van der Waals surface area contributed by atoms with Crippen LogP contribution in [-0.2, 0) is 9.59 Å². The third-order valence-electron chi connectivity index (χ3n) is 2.41. The molecule has 0 radical (unpaired) electrons. The molecular weight excluding hydrogens is 216 g/mol. The van der Waals surface area contributed by atoms with Crippen LogP contribution < -0.4 is 5.32 Å². The normalized spacial score (nSPS) is 23.0. The fourth-order valence-electron chi connectivity index (χ4n) is 1.60. The number of hydrogen-bond acceptors (Lipinski definition) is 2. The maximum absolute atomic E-state index is 11.6. The second kappa shape index (κ2) is 5.16. The van der Waals surface area contributed by atoms with Crippen molar-refractivity contribution < 1.29 is 9.59 Å². The Hall–Kier alpha value is -1.03. The number of rotatable bonds is 3. The van der Waals surface area contributed by atoms with Gasteiger partial charge in [-0.05, 0) is 18.9 Å². The molecule has 1 saturated heterocycles. The molecule has 1 fully saturated rings. The van der Waals surface area contributed by atoms with Crippen molar-refractivity contribution in [1.82, 2.24) is 10.2 Å². The number of carbonyl (C=O) groups is 2. The summed E-state index contributed by atoms with van der Waals surface area (Å²) in [6, 6.07) is -0.363. The van der Waals surface area contributed by atoms with Crippen molar-refractivity contribution in [2.75, 3.05) is 13.1 Å². The molecule has 1 unspecified atom stereocenters. The van der Waals surface area contributed by atoms with Gasteiger partial charge in [-0.2, -0.15) is 0 Å². The van der Waals surface area contributed by atoms with Crippen LogP contribution >= 0.6 is 11.6 Å². The zero-order chi connectivity index (χ0) is 11.4. The highest BCUT2D eigenvalue weighted by Crippen LogP contribution is 2.12. The Kier molecular flexibility index (Phi) is 4.15. The molecular formula is C10H15ClN2O2. The molecule has 1 aliphatic rings. The average Bonchev–Trinajstić information content (AvgIpc) is 2.23. The van der Waals surface area contributed by atoms with Crippen LogP contribution in [0.1, 0.15) is 20.3 Å². The van der Waals surface area contributed by atoms with Gasteiger partial charge in [0.15, 0.2) is 0 Å². The highest BCUT2D eigenvalue weighted by Gasteiger charge is 2.32. The van der Waals surface area contributed by atoms with Crippen LogP contribution in [0.3, 0.4) is 0 Å². The Morgan fingerprint density at radius 2 is 2.33 bits per heavy atom. The Bertz CT molecular complexity index is 302. The molecule has 0 aliphatic carbocycles. The molecule has 1 heterocycles. The molecule has 4 nitrogen and oxygen atoms in total. The van der Waals surface area contributed by atoms with E-state index in [1.54, 1.807) is 4.90 Å². The number of hydrogen-bond donors (Lipinski definition) is 1. The van der Waals surface area contributed by atoms with Crippen molar-refractivity contribution in [2.24, 2.45) is 0 Å². The molecule has 84 valence electrons. The second-order valence-corrected chi connectivity index (χ2v) is 3.84. The van der Waals surface area contributed by atoms with E-state index < -0.39 is 0 Å². The van der Waals surface area contributed by atoms with Gasteiger partial charge in [-0.3, -0.25) is 9.59 Å². The predicted octanol–water partition coefficient (Wildman–Crippen LogP) is 0.866.